The molecule has 0 radical (unpaired) electrons. The molecule has 1 aromatic carbocycles. The Morgan fingerprint density at radius 2 is 1.96 bits per heavy atom. The van der Waals surface area contributed by atoms with Crippen molar-refractivity contribution in [1.29, 1.82) is 0 Å². The van der Waals surface area contributed by atoms with Gasteiger partial charge in [-0.25, -0.2) is 4.98 Å². The molecule has 0 aliphatic carbocycles. The van der Waals surface area contributed by atoms with Gasteiger partial charge in [0.1, 0.15) is 12.0 Å². The molecule has 5 rings (SSSR count). The Kier molecular flexibility index (Phi) is 4.16. The molecule has 6 nitrogen and oxygen atoms in total. The van der Waals surface area contributed by atoms with E-state index in [4.69, 9.17) is 5.10 Å². The molecule has 1 aliphatic rings. The number of benzene rings is 1. The van der Waals surface area contributed by atoms with Crippen LogP contribution in [0, 0.1) is 6.92 Å². The lowest BCUT2D eigenvalue weighted by Gasteiger charge is -2.23. The average Bonchev–Trinajstić information content (AvgIpc) is 3.32. The van der Waals surface area contributed by atoms with Crippen molar-refractivity contribution < 1.29 is 0 Å². The van der Waals surface area contributed by atoms with Gasteiger partial charge in [0.15, 0.2) is 5.65 Å². The molecule has 0 unspecified atom stereocenters. The number of aromatic nitrogens is 5. The number of H-pyrrole nitrogens is 1. The van der Waals surface area contributed by atoms with Crippen molar-refractivity contribution >= 4 is 16.6 Å². The molecule has 0 spiro atoms. The summed E-state index contributed by atoms with van der Waals surface area (Å²) in [5.74, 6) is 1.04. The Morgan fingerprint density at radius 3 is 2.75 bits per heavy atom. The summed E-state index contributed by atoms with van der Waals surface area (Å²) in [6.45, 7) is 8.79. The van der Waals surface area contributed by atoms with Crippen LogP contribution in [-0.4, -0.2) is 37.9 Å². The average molecular weight is 374 g/mol. The first-order chi connectivity index (χ1) is 13.6. The highest BCUT2D eigenvalue weighted by atomic mass is 15.4. The maximum absolute atomic E-state index is 4.72. The summed E-state index contributed by atoms with van der Waals surface area (Å²) in [4.78, 5) is 7.93. The standard InChI is InChI=1S/C22H26N6/c1-13(2)20-17-11-16(15-6-8-23-9-7-15)4-5-18(17)26-21(20)19-10-14(3)22-24-12-25-28(22)27-19/h4-5,10-13,15,23,26H,6-9H2,1-3H3. The molecule has 1 aliphatic heterocycles. The van der Waals surface area contributed by atoms with E-state index in [1.807, 2.05) is 0 Å². The first-order valence-corrected chi connectivity index (χ1v) is 10.2. The van der Waals surface area contributed by atoms with Crippen LogP contribution in [0.3, 0.4) is 0 Å². The summed E-state index contributed by atoms with van der Waals surface area (Å²) >= 11 is 0. The largest absolute Gasteiger partial charge is 0.353 e. The van der Waals surface area contributed by atoms with E-state index in [0.717, 1.165) is 35.7 Å². The zero-order valence-corrected chi connectivity index (χ0v) is 16.7. The summed E-state index contributed by atoms with van der Waals surface area (Å²) in [6, 6.07) is 9.04. The minimum atomic E-state index is 0.389. The Hall–Kier alpha value is -2.73. The molecule has 28 heavy (non-hydrogen) atoms. The Morgan fingerprint density at radius 1 is 1.14 bits per heavy atom. The number of aromatic amines is 1. The molecule has 0 amide bonds. The molecule has 6 heteroatoms. The van der Waals surface area contributed by atoms with E-state index < -0.39 is 0 Å². The van der Waals surface area contributed by atoms with Crippen molar-refractivity contribution in [2.45, 2.75) is 45.4 Å². The van der Waals surface area contributed by atoms with Gasteiger partial charge in [0.2, 0.25) is 0 Å². The van der Waals surface area contributed by atoms with E-state index in [2.05, 4.69) is 65.4 Å². The fourth-order valence-corrected chi connectivity index (χ4v) is 4.53. The van der Waals surface area contributed by atoms with Crippen LogP contribution in [0.15, 0.2) is 30.6 Å². The topological polar surface area (TPSA) is 70.9 Å². The second-order valence-corrected chi connectivity index (χ2v) is 8.18. The fraction of sp³-hybridized carbons (Fsp3) is 0.409. The zero-order valence-electron chi connectivity index (χ0n) is 16.7. The molecular weight excluding hydrogens is 348 g/mol. The van der Waals surface area contributed by atoms with Crippen molar-refractivity contribution in [3.63, 3.8) is 0 Å². The summed E-state index contributed by atoms with van der Waals surface area (Å²) in [5, 5.41) is 13.7. The third-order valence-corrected chi connectivity index (χ3v) is 5.95. The number of aryl methyl sites for hydroxylation is 1. The van der Waals surface area contributed by atoms with Gasteiger partial charge in [-0.05, 0) is 79.6 Å². The maximum Gasteiger partial charge on any atom is 0.178 e. The Labute approximate surface area is 164 Å². The molecule has 0 saturated carbocycles. The molecular formula is C22H26N6. The van der Waals surface area contributed by atoms with E-state index in [-0.39, 0.29) is 0 Å². The van der Waals surface area contributed by atoms with Gasteiger partial charge < -0.3 is 10.3 Å². The first kappa shape index (κ1) is 17.4. The molecule has 2 N–H and O–H groups in total. The summed E-state index contributed by atoms with van der Waals surface area (Å²) in [7, 11) is 0. The molecule has 4 aromatic rings. The molecule has 0 atom stereocenters. The normalized spacial score (nSPS) is 15.9. The highest BCUT2D eigenvalue weighted by Crippen LogP contribution is 2.37. The minimum Gasteiger partial charge on any atom is -0.353 e. The van der Waals surface area contributed by atoms with Crippen LogP contribution in [0.2, 0.25) is 0 Å². The van der Waals surface area contributed by atoms with Crippen LogP contribution in [0.25, 0.3) is 27.9 Å². The van der Waals surface area contributed by atoms with Gasteiger partial charge in [-0.2, -0.15) is 0 Å². The molecule has 4 heterocycles. The SMILES string of the molecule is Cc1cc(-c2[nH]c3ccc(C4CCNCC4)cc3c2C(C)C)nn2ncnc12. The third kappa shape index (κ3) is 2.79. The lowest BCUT2D eigenvalue weighted by molar-refractivity contribution is 0.460. The molecule has 1 fully saturated rings. The third-order valence-electron chi connectivity index (χ3n) is 5.95. The molecule has 0 bridgehead atoms. The number of fused-ring (bicyclic) bond motifs is 2. The van der Waals surface area contributed by atoms with Crippen molar-refractivity contribution in [3.8, 4) is 11.4 Å². The number of nitrogens with zero attached hydrogens (tertiary/aromatic N) is 4. The van der Waals surface area contributed by atoms with E-state index >= 15 is 0 Å². The predicted octanol–water partition coefficient (Wildman–Crippen LogP) is 4.17. The highest BCUT2D eigenvalue weighted by molar-refractivity contribution is 5.91. The van der Waals surface area contributed by atoms with Crippen LogP contribution in [0.5, 0.6) is 0 Å². The van der Waals surface area contributed by atoms with Gasteiger partial charge in [-0.15, -0.1) is 14.8 Å². The lowest BCUT2D eigenvalue weighted by atomic mass is 9.88. The second-order valence-electron chi connectivity index (χ2n) is 8.18. The van der Waals surface area contributed by atoms with Gasteiger partial charge in [0.25, 0.3) is 0 Å². The van der Waals surface area contributed by atoms with Gasteiger partial charge in [-0.3, -0.25) is 0 Å². The highest BCUT2D eigenvalue weighted by Gasteiger charge is 2.21. The molecule has 144 valence electrons. The number of hydrogen-bond acceptors (Lipinski definition) is 4. The van der Waals surface area contributed by atoms with Gasteiger partial charge in [0.05, 0.1) is 5.69 Å². The van der Waals surface area contributed by atoms with E-state index in [9.17, 15) is 0 Å². The minimum absolute atomic E-state index is 0.389. The summed E-state index contributed by atoms with van der Waals surface area (Å²) in [5.41, 5.74) is 7.85. The van der Waals surface area contributed by atoms with Gasteiger partial charge in [0, 0.05) is 10.9 Å². The van der Waals surface area contributed by atoms with E-state index in [0.29, 0.717) is 11.8 Å². The summed E-state index contributed by atoms with van der Waals surface area (Å²) in [6.07, 6.45) is 3.98. The van der Waals surface area contributed by atoms with E-state index in [1.165, 1.54) is 34.9 Å². The lowest BCUT2D eigenvalue weighted by Crippen LogP contribution is -2.26. The molecule has 1 saturated heterocycles. The van der Waals surface area contributed by atoms with Crippen molar-refractivity contribution in [1.82, 2.24) is 30.1 Å². The molecule has 3 aromatic heterocycles. The van der Waals surface area contributed by atoms with Crippen LogP contribution in [0.1, 0.15) is 55.2 Å². The second kappa shape index (κ2) is 6.71. The van der Waals surface area contributed by atoms with Crippen LogP contribution in [0.4, 0.5) is 0 Å². The Balaban J connectivity index is 1.68. The summed E-state index contributed by atoms with van der Waals surface area (Å²) < 4.78 is 1.63. The maximum atomic E-state index is 4.72. The zero-order chi connectivity index (χ0) is 19.3. The quantitative estimate of drug-likeness (QED) is 0.565. The van der Waals surface area contributed by atoms with Gasteiger partial charge >= 0.3 is 0 Å². The van der Waals surface area contributed by atoms with Crippen molar-refractivity contribution in [2.75, 3.05) is 13.1 Å². The smallest absolute Gasteiger partial charge is 0.178 e. The number of rotatable bonds is 3. The Bertz CT molecular complexity index is 1150. The number of nitrogens with one attached hydrogen (secondary N) is 2. The van der Waals surface area contributed by atoms with Crippen LogP contribution >= 0.6 is 0 Å². The van der Waals surface area contributed by atoms with Crippen LogP contribution in [-0.2, 0) is 0 Å². The van der Waals surface area contributed by atoms with Crippen molar-refractivity contribution in [2.24, 2.45) is 0 Å². The van der Waals surface area contributed by atoms with E-state index in [1.54, 1.807) is 11.0 Å². The fourth-order valence-electron chi connectivity index (χ4n) is 4.53. The van der Waals surface area contributed by atoms with Crippen molar-refractivity contribution in [3.05, 3.63) is 47.3 Å². The number of hydrogen-bond donors (Lipinski definition) is 2. The first-order valence-electron chi connectivity index (χ1n) is 10.2. The number of piperidine rings is 1. The van der Waals surface area contributed by atoms with Crippen LogP contribution < -0.4 is 5.32 Å². The van der Waals surface area contributed by atoms with Gasteiger partial charge in [-0.1, -0.05) is 19.9 Å². The predicted molar refractivity (Wildman–Crippen MR) is 112 cm³/mol. The monoisotopic (exact) mass is 374 g/mol.